The minimum absolute atomic E-state index is 0.0844. The van der Waals surface area contributed by atoms with Gasteiger partial charge in [-0.15, -0.1) is 0 Å². The molecule has 0 spiro atoms. The van der Waals surface area contributed by atoms with Crippen LogP contribution in [0.3, 0.4) is 0 Å². The van der Waals surface area contributed by atoms with Gasteiger partial charge in [0.15, 0.2) is 0 Å². The molecule has 4 rings (SSSR count). The largest absolute Gasteiger partial charge is 0.416 e. The molecule has 0 saturated carbocycles. The van der Waals surface area contributed by atoms with Crippen LogP contribution in [0, 0.1) is 0 Å². The molecule has 4 aromatic rings. The fraction of sp³-hybridized carbons (Fsp3) is 0.424. The van der Waals surface area contributed by atoms with Crippen molar-refractivity contribution in [2.24, 2.45) is 22.2 Å². The van der Waals surface area contributed by atoms with Crippen LogP contribution in [-0.2, 0) is 12.6 Å². The number of alkyl halides is 3. The molecule has 2 heterocycles. The number of fused-ring (bicyclic) bond motifs is 1. The Hall–Kier alpha value is -4.00. The summed E-state index contributed by atoms with van der Waals surface area (Å²) < 4.78 is 42.6. The van der Waals surface area contributed by atoms with E-state index in [1.165, 1.54) is 10.6 Å². The second-order valence-electron chi connectivity index (χ2n) is 11.4. The highest BCUT2D eigenvalue weighted by molar-refractivity contribution is 5.83. The zero-order valence-corrected chi connectivity index (χ0v) is 25.8. The second kappa shape index (κ2) is 15.3. The van der Waals surface area contributed by atoms with Gasteiger partial charge in [0.05, 0.1) is 17.8 Å². The third kappa shape index (κ3) is 9.03. The summed E-state index contributed by atoms with van der Waals surface area (Å²) in [7, 11) is 0. The number of nitrogens with one attached hydrogen (secondary N) is 2. The Bertz CT molecular complexity index is 1640. The van der Waals surface area contributed by atoms with E-state index in [-0.39, 0.29) is 30.6 Å². The SMILES string of the molecule is CCCC(NCCCN=C(N)CN)c1ccc(-n2cc3cc(-c4ccc(C(F)(F)F)c(CCCC(C)N)c4)[nH]c3nc2=O)cc1. The van der Waals surface area contributed by atoms with Gasteiger partial charge in [0, 0.05) is 35.9 Å². The minimum atomic E-state index is -4.45. The highest BCUT2D eigenvalue weighted by Gasteiger charge is 2.33. The summed E-state index contributed by atoms with van der Waals surface area (Å²) in [6.07, 6.45) is 1.46. The molecule has 12 heteroatoms. The summed E-state index contributed by atoms with van der Waals surface area (Å²) >= 11 is 0. The lowest BCUT2D eigenvalue weighted by molar-refractivity contribution is -0.138. The van der Waals surface area contributed by atoms with Crippen LogP contribution in [0.5, 0.6) is 0 Å². The number of aromatic amines is 1. The summed E-state index contributed by atoms with van der Waals surface area (Å²) in [5, 5.41) is 4.24. The van der Waals surface area contributed by atoms with E-state index in [9.17, 15) is 18.0 Å². The summed E-state index contributed by atoms with van der Waals surface area (Å²) in [5.74, 6) is 0.451. The molecule has 0 bridgehead atoms. The van der Waals surface area contributed by atoms with Gasteiger partial charge in [-0.05, 0) is 92.6 Å². The number of nitrogens with two attached hydrogens (primary N) is 3. The number of benzene rings is 2. The van der Waals surface area contributed by atoms with Crippen LogP contribution in [0.4, 0.5) is 13.2 Å². The number of aliphatic imine (C=N–C) groups is 1. The molecule has 8 N–H and O–H groups in total. The maximum atomic E-state index is 13.7. The third-order valence-corrected chi connectivity index (χ3v) is 7.74. The molecule has 0 saturated heterocycles. The standard InChI is InChI=1S/C33H43F3N8O/c1-3-6-28(40-15-5-16-41-30(39)19-37)22-9-12-26(13-10-22)44-20-25-18-29(42-31(25)43-32(44)45)24-11-14-27(33(34,35)36)23(17-24)8-4-7-21(2)38/h9-14,17-18,20-21,28,40H,3-8,15-16,19,37-38H2,1-2H3,(H2,39,41)(H,42,43,45). The normalized spacial score (nSPS) is 13.8. The maximum Gasteiger partial charge on any atom is 0.416 e. The van der Waals surface area contributed by atoms with Crippen molar-refractivity contribution in [3.05, 3.63) is 81.9 Å². The molecule has 242 valence electrons. The van der Waals surface area contributed by atoms with Gasteiger partial charge in [-0.1, -0.05) is 31.5 Å². The van der Waals surface area contributed by atoms with E-state index >= 15 is 0 Å². The average molecular weight is 625 g/mol. The summed E-state index contributed by atoms with van der Waals surface area (Å²) in [5.41, 5.74) is 19.4. The van der Waals surface area contributed by atoms with E-state index in [1.54, 1.807) is 18.3 Å². The number of H-pyrrole nitrogens is 1. The van der Waals surface area contributed by atoms with Gasteiger partial charge in [-0.3, -0.25) is 9.56 Å². The summed E-state index contributed by atoms with van der Waals surface area (Å²) in [4.78, 5) is 24.6. The Kier molecular flexibility index (Phi) is 11.5. The van der Waals surface area contributed by atoms with Crippen molar-refractivity contribution in [2.45, 2.75) is 70.6 Å². The molecule has 0 aliphatic carbocycles. The Morgan fingerprint density at radius 3 is 2.53 bits per heavy atom. The number of rotatable bonds is 15. The van der Waals surface area contributed by atoms with Crippen molar-refractivity contribution in [3.63, 3.8) is 0 Å². The first kappa shape index (κ1) is 33.9. The van der Waals surface area contributed by atoms with Gasteiger partial charge in [0.25, 0.3) is 0 Å². The number of hydrogen-bond donors (Lipinski definition) is 5. The topological polar surface area (TPSA) is 153 Å². The fourth-order valence-electron chi connectivity index (χ4n) is 5.38. The zero-order valence-electron chi connectivity index (χ0n) is 25.8. The van der Waals surface area contributed by atoms with Crippen LogP contribution in [0.25, 0.3) is 28.0 Å². The molecule has 45 heavy (non-hydrogen) atoms. The highest BCUT2D eigenvalue weighted by Crippen LogP contribution is 2.35. The van der Waals surface area contributed by atoms with E-state index in [4.69, 9.17) is 17.2 Å². The Morgan fingerprint density at radius 1 is 1.11 bits per heavy atom. The van der Waals surface area contributed by atoms with E-state index < -0.39 is 17.4 Å². The molecule has 2 aromatic heterocycles. The first-order chi connectivity index (χ1) is 21.5. The zero-order chi connectivity index (χ0) is 32.6. The minimum Gasteiger partial charge on any atom is -0.386 e. The monoisotopic (exact) mass is 624 g/mol. The molecule has 0 aliphatic heterocycles. The lowest BCUT2D eigenvalue weighted by atomic mass is 9.97. The molecule has 0 amide bonds. The van der Waals surface area contributed by atoms with Crippen molar-refractivity contribution in [3.8, 4) is 16.9 Å². The fourth-order valence-corrected chi connectivity index (χ4v) is 5.38. The third-order valence-electron chi connectivity index (χ3n) is 7.74. The van der Waals surface area contributed by atoms with Gasteiger partial charge in [-0.25, -0.2) is 4.79 Å². The first-order valence-corrected chi connectivity index (χ1v) is 15.4. The predicted molar refractivity (Wildman–Crippen MR) is 175 cm³/mol. The van der Waals surface area contributed by atoms with Crippen molar-refractivity contribution < 1.29 is 13.2 Å². The molecule has 0 fully saturated rings. The number of hydrogen-bond acceptors (Lipinski definition) is 6. The van der Waals surface area contributed by atoms with Crippen molar-refractivity contribution >= 4 is 16.9 Å². The van der Waals surface area contributed by atoms with Gasteiger partial charge in [0.2, 0.25) is 0 Å². The van der Waals surface area contributed by atoms with Gasteiger partial charge < -0.3 is 27.5 Å². The van der Waals surface area contributed by atoms with Crippen LogP contribution < -0.4 is 28.2 Å². The van der Waals surface area contributed by atoms with Crippen molar-refractivity contribution in [1.29, 1.82) is 0 Å². The molecule has 2 atom stereocenters. The predicted octanol–water partition coefficient (Wildman–Crippen LogP) is 5.21. The molecule has 0 radical (unpaired) electrons. The molecule has 2 unspecified atom stereocenters. The Labute approximate surface area is 261 Å². The molecule has 9 nitrogen and oxygen atoms in total. The quantitative estimate of drug-likeness (QED) is 0.0696. The van der Waals surface area contributed by atoms with Crippen LogP contribution in [0.2, 0.25) is 0 Å². The number of aryl methyl sites for hydroxylation is 1. The van der Waals surface area contributed by atoms with E-state index in [0.29, 0.717) is 53.2 Å². The van der Waals surface area contributed by atoms with Crippen molar-refractivity contribution in [2.75, 3.05) is 19.6 Å². The van der Waals surface area contributed by atoms with E-state index in [2.05, 4.69) is 27.2 Å². The lowest BCUT2D eigenvalue weighted by Gasteiger charge is -2.19. The molecular formula is C33H43F3N8O. The van der Waals surface area contributed by atoms with Crippen LogP contribution >= 0.6 is 0 Å². The van der Waals surface area contributed by atoms with E-state index in [0.717, 1.165) is 37.4 Å². The maximum absolute atomic E-state index is 13.7. The number of nitrogens with zero attached hydrogens (tertiary/aromatic N) is 3. The summed E-state index contributed by atoms with van der Waals surface area (Å²) in [6.45, 7) is 5.61. The van der Waals surface area contributed by atoms with Crippen LogP contribution in [0.1, 0.15) is 68.7 Å². The molecular weight excluding hydrogens is 581 g/mol. The number of amidine groups is 1. The number of halogens is 3. The van der Waals surface area contributed by atoms with Gasteiger partial charge in [0.1, 0.15) is 11.5 Å². The van der Waals surface area contributed by atoms with Crippen LogP contribution in [-0.4, -0.2) is 46.0 Å². The first-order valence-electron chi connectivity index (χ1n) is 15.4. The van der Waals surface area contributed by atoms with Gasteiger partial charge in [-0.2, -0.15) is 18.2 Å². The smallest absolute Gasteiger partial charge is 0.386 e. The molecule has 0 aliphatic rings. The Morgan fingerprint density at radius 2 is 1.87 bits per heavy atom. The highest BCUT2D eigenvalue weighted by atomic mass is 19.4. The molecule has 2 aromatic carbocycles. The average Bonchev–Trinajstić information content (AvgIpc) is 3.42. The lowest BCUT2D eigenvalue weighted by Crippen LogP contribution is -2.25. The van der Waals surface area contributed by atoms with Crippen molar-refractivity contribution in [1.82, 2.24) is 19.9 Å². The number of aromatic nitrogens is 3. The van der Waals surface area contributed by atoms with E-state index in [1.807, 2.05) is 31.2 Å². The van der Waals surface area contributed by atoms with Gasteiger partial charge >= 0.3 is 11.9 Å². The Balaban J connectivity index is 1.55. The summed E-state index contributed by atoms with van der Waals surface area (Å²) in [6, 6.07) is 13.8. The second-order valence-corrected chi connectivity index (χ2v) is 11.4. The van der Waals surface area contributed by atoms with Crippen LogP contribution in [0.15, 0.2) is 64.5 Å².